The van der Waals surface area contributed by atoms with Crippen LogP contribution in [0.1, 0.15) is 5.56 Å². The van der Waals surface area contributed by atoms with Gasteiger partial charge in [-0.2, -0.15) is 5.10 Å². The first-order chi connectivity index (χ1) is 10.3. The lowest BCUT2D eigenvalue weighted by Crippen LogP contribution is -1.90. The Morgan fingerprint density at radius 3 is 2.76 bits per heavy atom. The number of hydrogen-bond acceptors (Lipinski definition) is 4. The average molecular weight is 297 g/mol. The van der Waals surface area contributed by atoms with Crippen LogP contribution in [0.4, 0.5) is 9.52 Å². The third kappa shape index (κ3) is 3.52. The summed E-state index contributed by atoms with van der Waals surface area (Å²) >= 11 is 1.47. The minimum absolute atomic E-state index is 0.278. The molecule has 0 aliphatic carbocycles. The van der Waals surface area contributed by atoms with Gasteiger partial charge in [0.05, 0.1) is 11.9 Å². The van der Waals surface area contributed by atoms with E-state index in [4.69, 9.17) is 0 Å². The van der Waals surface area contributed by atoms with E-state index in [1.807, 2.05) is 35.7 Å². The van der Waals surface area contributed by atoms with E-state index in [9.17, 15) is 4.39 Å². The molecule has 104 valence electrons. The van der Waals surface area contributed by atoms with Gasteiger partial charge < -0.3 is 0 Å². The Balaban J connectivity index is 1.68. The van der Waals surface area contributed by atoms with Gasteiger partial charge in [0.2, 0.25) is 5.13 Å². The minimum atomic E-state index is -0.278. The van der Waals surface area contributed by atoms with Crippen molar-refractivity contribution < 1.29 is 4.39 Å². The summed E-state index contributed by atoms with van der Waals surface area (Å²) in [6.45, 7) is 0. The van der Waals surface area contributed by atoms with Crippen LogP contribution in [0.25, 0.3) is 11.3 Å². The average Bonchev–Trinajstić information content (AvgIpc) is 2.97. The molecule has 0 aliphatic heterocycles. The number of thiazole rings is 1. The zero-order valence-electron chi connectivity index (χ0n) is 11.0. The van der Waals surface area contributed by atoms with E-state index >= 15 is 0 Å². The fourth-order valence-electron chi connectivity index (χ4n) is 1.82. The van der Waals surface area contributed by atoms with E-state index in [-0.39, 0.29) is 5.82 Å². The molecule has 5 heteroatoms. The molecule has 1 heterocycles. The van der Waals surface area contributed by atoms with E-state index in [0.29, 0.717) is 10.7 Å². The van der Waals surface area contributed by atoms with Crippen molar-refractivity contribution in [3.8, 4) is 11.3 Å². The highest BCUT2D eigenvalue weighted by Crippen LogP contribution is 2.24. The lowest BCUT2D eigenvalue weighted by molar-refractivity contribution is 0.627. The van der Waals surface area contributed by atoms with Crippen molar-refractivity contribution in [2.24, 2.45) is 5.10 Å². The van der Waals surface area contributed by atoms with Crippen LogP contribution < -0.4 is 5.43 Å². The van der Waals surface area contributed by atoms with Crippen molar-refractivity contribution in [2.45, 2.75) is 0 Å². The van der Waals surface area contributed by atoms with Crippen LogP contribution >= 0.6 is 11.3 Å². The van der Waals surface area contributed by atoms with Gasteiger partial charge in [-0.25, -0.2) is 9.37 Å². The van der Waals surface area contributed by atoms with Crippen molar-refractivity contribution >= 4 is 22.7 Å². The third-order valence-corrected chi connectivity index (χ3v) is 3.54. The summed E-state index contributed by atoms with van der Waals surface area (Å²) < 4.78 is 13.0. The molecule has 0 bridgehead atoms. The second-order valence-electron chi connectivity index (χ2n) is 4.33. The Bertz CT molecular complexity index is 753. The van der Waals surface area contributed by atoms with Crippen molar-refractivity contribution in [2.75, 3.05) is 5.43 Å². The molecule has 0 aliphatic rings. The number of nitrogens with zero attached hydrogens (tertiary/aromatic N) is 2. The van der Waals surface area contributed by atoms with Gasteiger partial charge in [0, 0.05) is 10.9 Å². The summed E-state index contributed by atoms with van der Waals surface area (Å²) in [5.41, 5.74) is 5.53. The van der Waals surface area contributed by atoms with Crippen LogP contribution in [0.3, 0.4) is 0 Å². The predicted octanol–water partition coefficient (Wildman–Crippen LogP) is 4.40. The number of benzene rings is 2. The fraction of sp³-hybridized carbons (Fsp3) is 0. The van der Waals surface area contributed by atoms with Gasteiger partial charge in [0.1, 0.15) is 5.82 Å². The van der Waals surface area contributed by atoms with E-state index in [0.717, 1.165) is 11.3 Å². The topological polar surface area (TPSA) is 37.3 Å². The summed E-state index contributed by atoms with van der Waals surface area (Å²) in [5, 5.41) is 6.73. The molecule has 0 radical (unpaired) electrons. The molecule has 3 aromatic rings. The van der Waals surface area contributed by atoms with Gasteiger partial charge in [0.15, 0.2) is 0 Å². The fourth-order valence-corrected chi connectivity index (χ4v) is 2.48. The van der Waals surface area contributed by atoms with Crippen LogP contribution in [0.2, 0.25) is 0 Å². The second kappa shape index (κ2) is 6.28. The second-order valence-corrected chi connectivity index (χ2v) is 5.19. The first-order valence-electron chi connectivity index (χ1n) is 6.37. The molecule has 2 aromatic carbocycles. The van der Waals surface area contributed by atoms with Crippen molar-refractivity contribution in [1.82, 2.24) is 4.98 Å². The molecule has 3 rings (SSSR count). The zero-order valence-corrected chi connectivity index (χ0v) is 11.8. The van der Waals surface area contributed by atoms with Gasteiger partial charge in [-0.05, 0) is 17.7 Å². The molecule has 0 unspecified atom stereocenters. The summed E-state index contributed by atoms with van der Waals surface area (Å²) in [4.78, 5) is 4.45. The molecule has 21 heavy (non-hydrogen) atoms. The Morgan fingerprint density at radius 1 is 1.10 bits per heavy atom. The predicted molar refractivity (Wildman–Crippen MR) is 85.2 cm³/mol. The molecule has 1 N–H and O–H groups in total. The number of halogens is 1. The number of aromatic nitrogens is 1. The van der Waals surface area contributed by atoms with Gasteiger partial charge in [-0.1, -0.05) is 42.5 Å². The standard InChI is InChI=1S/C16H12FN3S/c17-14-8-4-5-12(9-14)10-18-20-16-19-15(11-21-16)13-6-2-1-3-7-13/h1-11H,(H,19,20)/b18-10-. The lowest BCUT2D eigenvalue weighted by Gasteiger charge is -1.96. The van der Waals surface area contributed by atoms with Gasteiger partial charge in [-0.15, -0.1) is 11.3 Å². The van der Waals surface area contributed by atoms with Crippen molar-refractivity contribution in [3.05, 3.63) is 71.4 Å². The van der Waals surface area contributed by atoms with Gasteiger partial charge >= 0.3 is 0 Å². The van der Waals surface area contributed by atoms with E-state index in [2.05, 4.69) is 15.5 Å². The molecule has 0 amide bonds. The SMILES string of the molecule is Fc1cccc(/C=N\Nc2nc(-c3ccccc3)cs2)c1. The Hall–Kier alpha value is -2.53. The maximum atomic E-state index is 13.0. The highest BCUT2D eigenvalue weighted by molar-refractivity contribution is 7.14. The monoisotopic (exact) mass is 297 g/mol. The number of nitrogens with one attached hydrogen (secondary N) is 1. The molecular formula is C16H12FN3S. The lowest BCUT2D eigenvalue weighted by atomic mass is 10.2. The third-order valence-electron chi connectivity index (χ3n) is 2.80. The maximum absolute atomic E-state index is 13.0. The van der Waals surface area contributed by atoms with Gasteiger partial charge in [0.25, 0.3) is 0 Å². The van der Waals surface area contributed by atoms with Crippen LogP contribution in [0, 0.1) is 5.82 Å². The summed E-state index contributed by atoms with van der Waals surface area (Å²) in [6, 6.07) is 16.2. The molecule has 0 saturated heterocycles. The normalized spacial score (nSPS) is 10.9. The van der Waals surface area contributed by atoms with Crippen LogP contribution in [0.15, 0.2) is 65.1 Å². The van der Waals surface area contributed by atoms with Crippen molar-refractivity contribution in [1.29, 1.82) is 0 Å². The van der Waals surface area contributed by atoms with Crippen molar-refractivity contribution in [3.63, 3.8) is 0 Å². The largest absolute Gasteiger partial charge is 0.253 e. The maximum Gasteiger partial charge on any atom is 0.203 e. The van der Waals surface area contributed by atoms with Gasteiger partial charge in [-0.3, -0.25) is 5.43 Å². The molecule has 0 saturated carbocycles. The van der Waals surface area contributed by atoms with Crippen LogP contribution in [0.5, 0.6) is 0 Å². The molecule has 0 atom stereocenters. The number of rotatable bonds is 4. The Labute approximate surface area is 125 Å². The van der Waals surface area contributed by atoms with E-state index in [1.54, 1.807) is 18.3 Å². The quantitative estimate of drug-likeness (QED) is 0.572. The number of anilines is 1. The number of hydrogen-bond donors (Lipinski definition) is 1. The minimum Gasteiger partial charge on any atom is -0.253 e. The molecule has 1 aromatic heterocycles. The van der Waals surface area contributed by atoms with Crippen LogP contribution in [-0.2, 0) is 0 Å². The Kier molecular flexibility index (Phi) is 4.02. The zero-order chi connectivity index (χ0) is 14.5. The molecule has 3 nitrogen and oxygen atoms in total. The first kappa shape index (κ1) is 13.5. The van der Waals surface area contributed by atoms with E-state index < -0.39 is 0 Å². The summed E-state index contributed by atoms with van der Waals surface area (Å²) in [7, 11) is 0. The van der Waals surface area contributed by atoms with Crippen LogP contribution in [-0.4, -0.2) is 11.2 Å². The number of hydrazone groups is 1. The summed E-state index contributed by atoms with van der Waals surface area (Å²) in [6.07, 6.45) is 1.56. The highest BCUT2D eigenvalue weighted by Gasteiger charge is 2.02. The Morgan fingerprint density at radius 2 is 1.95 bits per heavy atom. The smallest absolute Gasteiger partial charge is 0.203 e. The molecular weight excluding hydrogens is 285 g/mol. The summed E-state index contributed by atoms with van der Waals surface area (Å²) in [5.74, 6) is -0.278. The molecule has 0 spiro atoms. The first-order valence-corrected chi connectivity index (χ1v) is 7.25. The molecule has 0 fully saturated rings. The van der Waals surface area contributed by atoms with E-state index in [1.165, 1.54) is 23.5 Å². The highest BCUT2D eigenvalue weighted by atomic mass is 32.1.